The van der Waals surface area contributed by atoms with Gasteiger partial charge in [-0.2, -0.15) is 0 Å². The summed E-state index contributed by atoms with van der Waals surface area (Å²) in [5, 5.41) is 0. The van der Waals surface area contributed by atoms with Crippen LogP contribution in [0.4, 0.5) is 0 Å². The van der Waals surface area contributed by atoms with Crippen molar-refractivity contribution in [2.24, 2.45) is 0 Å². The lowest BCUT2D eigenvalue weighted by Gasteiger charge is -2.37. The summed E-state index contributed by atoms with van der Waals surface area (Å²) in [7, 11) is 0. The van der Waals surface area contributed by atoms with Crippen LogP contribution in [0.25, 0.3) is 11.4 Å². The second kappa shape index (κ2) is 7.29. The van der Waals surface area contributed by atoms with E-state index in [4.69, 9.17) is 9.47 Å². The average Bonchev–Trinajstić information content (AvgIpc) is 3.23. The third-order valence-electron chi connectivity index (χ3n) is 4.70. The Labute approximate surface area is 146 Å². The summed E-state index contributed by atoms with van der Waals surface area (Å²) < 4.78 is 11.3. The molecule has 0 unspecified atom stereocenters. The van der Waals surface area contributed by atoms with Crippen LogP contribution in [0, 0.1) is 0 Å². The highest BCUT2D eigenvalue weighted by molar-refractivity contribution is 5.94. The lowest BCUT2D eigenvalue weighted by Crippen LogP contribution is -2.50. The maximum Gasteiger partial charge on any atom is 0.257 e. The molecule has 2 fully saturated rings. The highest BCUT2D eigenvalue weighted by atomic mass is 16.7. The number of aromatic nitrogens is 2. The van der Waals surface area contributed by atoms with Gasteiger partial charge in [0.15, 0.2) is 12.1 Å². The zero-order chi connectivity index (χ0) is 17.1. The molecule has 2 aliphatic heterocycles. The molecular weight excluding hydrogens is 318 g/mol. The molecule has 4 rings (SSSR count). The van der Waals surface area contributed by atoms with Gasteiger partial charge in [-0.05, 0) is 19.3 Å². The van der Waals surface area contributed by atoms with Crippen LogP contribution in [0.5, 0.6) is 0 Å². The number of amides is 1. The standard InChI is InChI=1S/C19H21N3O3/c23-18(22-9-5-4-8-16(22)19-24-10-11-25-19)15-12-20-17(21-13-15)14-6-2-1-3-7-14/h1-3,6-7,12-13,16,19H,4-5,8-11H2/t16-/m0/s1. The van der Waals surface area contributed by atoms with E-state index < -0.39 is 0 Å². The number of nitrogens with zero attached hydrogens (tertiary/aromatic N) is 3. The number of carbonyl (C=O) groups excluding carboxylic acids is 1. The van der Waals surface area contributed by atoms with E-state index in [1.807, 2.05) is 35.2 Å². The summed E-state index contributed by atoms with van der Waals surface area (Å²) in [6.45, 7) is 1.91. The van der Waals surface area contributed by atoms with Gasteiger partial charge in [-0.3, -0.25) is 4.79 Å². The van der Waals surface area contributed by atoms with Crippen LogP contribution >= 0.6 is 0 Å². The number of carbonyl (C=O) groups is 1. The number of hydrogen-bond acceptors (Lipinski definition) is 5. The highest BCUT2D eigenvalue weighted by Crippen LogP contribution is 2.26. The first-order valence-corrected chi connectivity index (χ1v) is 8.74. The minimum atomic E-state index is -0.311. The van der Waals surface area contributed by atoms with Crippen molar-refractivity contribution < 1.29 is 14.3 Å². The minimum absolute atomic E-state index is 0.0300. The predicted molar refractivity (Wildman–Crippen MR) is 91.8 cm³/mol. The van der Waals surface area contributed by atoms with Crippen LogP contribution in [-0.2, 0) is 9.47 Å². The summed E-state index contributed by atoms with van der Waals surface area (Å²) in [5.74, 6) is 0.568. The summed E-state index contributed by atoms with van der Waals surface area (Å²) in [6, 6.07) is 9.71. The quantitative estimate of drug-likeness (QED) is 0.860. The minimum Gasteiger partial charge on any atom is -0.348 e. The SMILES string of the molecule is O=C(c1cnc(-c2ccccc2)nc1)N1CCCC[C@H]1C1OCCO1. The van der Waals surface area contributed by atoms with Gasteiger partial charge in [-0.1, -0.05) is 30.3 Å². The van der Waals surface area contributed by atoms with Crippen molar-refractivity contribution in [2.75, 3.05) is 19.8 Å². The molecular formula is C19H21N3O3. The van der Waals surface area contributed by atoms with Crippen molar-refractivity contribution in [3.8, 4) is 11.4 Å². The maximum absolute atomic E-state index is 12.9. The largest absolute Gasteiger partial charge is 0.348 e. The molecule has 0 aliphatic carbocycles. The summed E-state index contributed by atoms with van der Waals surface area (Å²) in [5.41, 5.74) is 1.44. The molecule has 0 bridgehead atoms. The Balaban J connectivity index is 1.53. The van der Waals surface area contributed by atoms with Crippen molar-refractivity contribution in [1.82, 2.24) is 14.9 Å². The topological polar surface area (TPSA) is 64.6 Å². The molecule has 6 nitrogen and oxygen atoms in total. The van der Waals surface area contributed by atoms with E-state index >= 15 is 0 Å². The molecule has 0 N–H and O–H groups in total. The lowest BCUT2D eigenvalue weighted by molar-refractivity contribution is -0.100. The van der Waals surface area contributed by atoms with Gasteiger partial charge in [0, 0.05) is 24.5 Å². The number of likely N-dealkylation sites (tertiary alicyclic amines) is 1. The number of ether oxygens (including phenoxy) is 2. The van der Waals surface area contributed by atoms with Gasteiger partial charge < -0.3 is 14.4 Å². The van der Waals surface area contributed by atoms with Gasteiger partial charge in [-0.25, -0.2) is 9.97 Å². The van der Waals surface area contributed by atoms with E-state index in [2.05, 4.69) is 9.97 Å². The molecule has 6 heteroatoms. The van der Waals surface area contributed by atoms with Crippen molar-refractivity contribution in [3.05, 3.63) is 48.3 Å². The fourth-order valence-electron chi connectivity index (χ4n) is 3.43. The first-order chi connectivity index (χ1) is 12.3. The lowest BCUT2D eigenvalue weighted by atomic mass is 10.0. The molecule has 0 radical (unpaired) electrons. The van der Waals surface area contributed by atoms with E-state index in [-0.39, 0.29) is 18.2 Å². The van der Waals surface area contributed by atoms with Crippen LogP contribution in [0.15, 0.2) is 42.7 Å². The van der Waals surface area contributed by atoms with Gasteiger partial charge in [0.2, 0.25) is 0 Å². The Morgan fingerprint density at radius 3 is 2.48 bits per heavy atom. The van der Waals surface area contributed by atoms with Gasteiger partial charge in [0.05, 0.1) is 24.8 Å². The number of piperidine rings is 1. The molecule has 2 saturated heterocycles. The van der Waals surface area contributed by atoms with Gasteiger partial charge in [-0.15, -0.1) is 0 Å². The Morgan fingerprint density at radius 2 is 1.76 bits per heavy atom. The highest BCUT2D eigenvalue weighted by Gasteiger charge is 2.36. The summed E-state index contributed by atoms with van der Waals surface area (Å²) >= 11 is 0. The molecule has 1 amide bonds. The molecule has 0 spiro atoms. The molecule has 1 atom stereocenters. The zero-order valence-corrected chi connectivity index (χ0v) is 14.0. The van der Waals surface area contributed by atoms with Crippen molar-refractivity contribution >= 4 is 5.91 Å². The van der Waals surface area contributed by atoms with E-state index in [0.717, 1.165) is 24.8 Å². The first-order valence-electron chi connectivity index (χ1n) is 8.74. The monoisotopic (exact) mass is 339 g/mol. The summed E-state index contributed by atoms with van der Waals surface area (Å²) in [6.07, 6.45) is 5.89. The van der Waals surface area contributed by atoms with Crippen LogP contribution in [0.3, 0.4) is 0 Å². The Bertz CT molecular complexity index is 714. The molecule has 2 aromatic rings. The third-order valence-corrected chi connectivity index (χ3v) is 4.70. The second-order valence-electron chi connectivity index (χ2n) is 6.33. The molecule has 130 valence electrons. The Kier molecular flexibility index (Phi) is 4.72. The van der Waals surface area contributed by atoms with Gasteiger partial charge in [0.1, 0.15) is 0 Å². The molecule has 25 heavy (non-hydrogen) atoms. The van der Waals surface area contributed by atoms with E-state index in [1.54, 1.807) is 12.4 Å². The number of benzene rings is 1. The first kappa shape index (κ1) is 16.2. The van der Waals surface area contributed by atoms with Gasteiger partial charge >= 0.3 is 0 Å². The van der Waals surface area contributed by atoms with Crippen LogP contribution in [0.1, 0.15) is 29.6 Å². The molecule has 2 aliphatic rings. The fourth-order valence-corrected chi connectivity index (χ4v) is 3.43. The fraction of sp³-hybridized carbons (Fsp3) is 0.421. The van der Waals surface area contributed by atoms with Gasteiger partial charge in [0.25, 0.3) is 5.91 Å². The molecule has 0 saturated carbocycles. The second-order valence-corrected chi connectivity index (χ2v) is 6.33. The summed E-state index contributed by atoms with van der Waals surface area (Å²) in [4.78, 5) is 23.5. The van der Waals surface area contributed by atoms with E-state index in [9.17, 15) is 4.79 Å². The van der Waals surface area contributed by atoms with E-state index in [0.29, 0.717) is 31.1 Å². The molecule has 3 heterocycles. The Hall–Kier alpha value is -2.31. The van der Waals surface area contributed by atoms with E-state index in [1.165, 1.54) is 0 Å². The van der Waals surface area contributed by atoms with Crippen LogP contribution in [0.2, 0.25) is 0 Å². The van der Waals surface area contributed by atoms with Crippen LogP contribution in [-0.4, -0.2) is 52.9 Å². The maximum atomic E-state index is 12.9. The van der Waals surface area contributed by atoms with Crippen molar-refractivity contribution in [2.45, 2.75) is 31.6 Å². The number of rotatable bonds is 3. The average molecular weight is 339 g/mol. The van der Waals surface area contributed by atoms with Crippen molar-refractivity contribution in [1.29, 1.82) is 0 Å². The van der Waals surface area contributed by atoms with Crippen molar-refractivity contribution in [3.63, 3.8) is 0 Å². The van der Waals surface area contributed by atoms with Crippen LogP contribution < -0.4 is 0 Å². The third kappa shape index (κ3) is 3.41. The molecule has 1 aromatic carbocycles. The molecule has 1 aromatic heterocycles. The number of hydrogen-bond donors (Lipinski definition) is 0. The smallest absolute Gasteiger partial charge is 0.257 e. The predicted octanol–water partition coefficient (Wildman–Crippen LogP) is 2.51. The Morgan fingerprint density at radius 1 is 1.04 bits per heavy atom. The normalized spacial score (nSPS) is 21.4. The zero-order valence-electron chi connectivity index (χ0n) is 14.0.